The van der Waals surface area contributed by atoms with Crippen molar-refractivity contribution in [1.29, 1.82) is 0 Å². The van der Waals surface area contributed by atoms with Crippen molar-refractivity contribution in [3.8, 4) is 0 Å². The fourth-order valence-electron chi connectivity index (χ4n) is 2.25. The summed E-state index contributed by atoms with van der Waals surface area (Å²) in [7, 11) is 0. The molecule has 0 aromatic carbocycles. The van der Waals surface area contributed by atoms with Crippen molar-refractivity contribution < 1.29 is 4.79 Å². The van der Waals surface area contributed by atoms with Crippen LogP contribution in [0.2, 0.25) is 0 Å². The van der Waals surface area contributed by atoms with E-state index in [-0.39, 0.29) is 5.91 Å². The molecular formula is C15H14N2OS2. The van der Waals surface area contributed by atoms with Crippen molar-refractivity contribution in [2.45, 2.75) is 20.3 Å². The number of hydrogen-bond donors (Lipinski definition) is 1. The van der Waals surface area contributed by atoms with Gasteiger partial charge in [0.2, 0.25) is 5.91 Å². The normalized spacial score (nSPS) is 10.9. The number of fused-ring (bicyclic) bond motifs is 1. The first-order valence-corrected chi connectivity index (χ1v) is 8.07. The van der Waals surface area contributed by atoms with E-state index >= 15 is 0 Å². The second-order valence-corrected chi connectivity index (χ2v) is 6.60. The fraction of sp³-hybridized carbons (Fsp3) is 0.200. The number of rotatable bonds is 3. The summed E-state index contributed by atoms with van der Waals surface area (Å²) in [6, 6.07) is 5.99. The Morgan fingerprint density at radius 1 is 1.35 bits per heavy atom. The number of aryl methyl sites for hydroxylation is 2. The van der Waals surface area contributed by atoms with Crippen LogP contribution in [0.25, 0.3) is 10.2 Å². The van der Waals surface area contributed by atoms with Crippen LogP contribution in [0.4, 0.5) is 5.69 Å². The van der Waals surface area contributed by atoms with Crippen LogP contribution in [0, 0.1) is 13.8 Å². The molecule has 1 N–H and O–H groups in total. The first-order chi connectivity index (χ1) is 9.63. The van der Waals surface area contributed by atoms with Gasteiger partial charge in [-0.05, 0) is 36.9 Å². The molecule has 0 unspecified atom stereocenters. The van der Waals surface area contributed by atoms with Crippen molar-refractivity contribution in [1.82, 2.24) is 4.98 Å². The summed E-state index contributed by atoms with van der Waals surface area (Å²) in [5, 5.41) is 8.01. The third-order valence-electron chi connectivity index (χ3n) is 3.06. The second-order valence-electron chi connectivity index (χ2n) is 4.71. The Kier molecular flexibility index (Phi) is 3.54. The van der Waals surface area contributed by atoms with Crippen LogP contribution in [0.1, 0.15) is 16.1 Å². The minimum atomic E-state index is 0.0205. The third kappa shape index (κ3) is 2.59. The zero-order chi connectivity index (χ0) is 14.1. The van der Waals surface area contributed by atoms with Gasteiger partial charge in [-0.3, -0.25) is 4.79 Å². The number of aromatic nitrogens is 1. The Bertz CT molecular complexity index is 760. The molecule has 0 aliphatic carbocycles. The lowest BCUT2D eigenvalue weighted by molar-refractivity contribution is -0.115. The molecule has 0 aliphatic heterocycles. The van der Waals surface area contributed by atoms with Crippen molar-refractivity contribution in [2.75, 3.05) is 5.32 Å². The van der Waals surface area contributed by atoms with E-state index in [0.717, 1.165) is 32.0 Å². The van der Waals surface area contributed by atoms with Crippen LogP contribution in [0.3, 0.4) is 0 Å². The third-order valence-corrected chi connectivity index (χ3v) is 4.81. The fourth-order valence-corrected chi connectivity index (χ4v) is 3.94. The number of amides is 1. The lowest BCUT2D eigenvalue weighted by atomic mass is 10.1. The molecule has 1 amide bonds. The summed E-state index contributed by atoms with van der Waals surface area (Å²) in [6.07, 6.45) is 0.424. The molecule has 3 nitrogen and oxygen atoms in total. The molecule has 5 heteroatoms. The molecule has 0 spiro atoms. The van der Waals surface area contributed by atoms with Gasteiger partial charge in [0.05, 0.1) is 12.1 Å². The van der Waals surface area contributed by atoms with Crippen LogP contribution >= 0.6 is 22.7 Å². The molecular weight excluding hydrogens is 288 g/mol. The van der Waals surface area contributed by atoms with Gasteiger partial charge in [-0.25, -0.2) is 4.98 Å². The van der Waals surface area contributed by atoms with Crippen LogP contribution in [-0.2, 0) is 11.2 Å². The van der Waals surface area contributed by atoms with Crippen molar-refractivity contribution in [3.05, 3.63) is 45.1 Å². The molecule has 0 aliphatic rings. The molecule has 102 valence electrons. The zero-order valence-electron chi connectivity index (χ0n) is 11.3. The maximum absolute atomic E-state index is 12.1. The van der Waals surface area contributed by atoms with Gasteiger partial charge in [0.1, 0.15) is 4.83 Å². The minimum Gasteiger partial charge on any atom is -0.324 e. The quantitative estimate of drug-likeness (QED) is 0.789. The van der Waals surface area contributed by atoms with E-state index in [4.69, 9.17) is 0 Å². The number of anilines is 1. The van der Waals surface area contributed by atoms with E-state index in [9.17, 15) is 4.79 Å². The number of carbonyl (C=O) groups excluding carboxylic acids is 1. The Morgan fingerprint density at radius 3 is 2.95 bits per heavy atom. The van der Waals surface area contributed by atoms with Crippen molar-refractivity contribution >= 4 is 44.5 Å². The number of hydrogen-bond acceptors (Lipinski definition) is 4. The maximum atomic E-state index is 12.1. The van der Waals surface area contributed by atoms with Crippen LogP contribution < -0.4 is 5.32 Å². The van der Waals surface area contributed by atoms with E-state index in [1.807, 2.05) is 35.9 Å². The lowest BCUT2D eigenvalue weighted by Crippen LogP contribution is -2.13. The Balaban J connectivity index is 1.86. The van der Waals surface area contributed by atoms with E-state index in [0.29, 0.717) is 6.42 Å². The summed E-state index contributed by atoms with van der Waals surface area (Å²) >= 11 is 3.17. The molecule has 3 heterocycles. The first kappa shape index (κ1) is 13.3. The molecule has 0 atom stereocenters. The molecule has 3 rings (SSSR count). The molecule has 20 heavy (non-hydrogen) atoms. The average molecular weight is 302 g/mol. The molecule has 3 aromatic heterocycles. The van der Waals surface area contributed by atoms with Gasteiger partial charge < -0.3 is 5.32 Å². The minimum absolute atomic E-state index is 0.0205. The van der Waals surface area contributed by atoms with Gasteiger partial charge in [-0.1, -0.05) is 6.07 Å². The molecule has 3 aromatic rings. The van der Waals surface area contributed by atoms with Crippen LogP contribution in [-0.4, -0.2) is 10.9 Å². The predicted molar refractivity (Wildman–Crippen MR) is 85.7 cm³/mol. The van der Waals surface area contributed by atoms with Gasteiger partial charge in [0.15, 0.2) is 0 Å². The monoisotopic (exact) mass is 302 g/mol. The summed E-state index contributed by atoms with van der Waals surface area (Å²) in [5.74, 6) is 0.0205. The number of nitrogens with one attached hydrogen (secondary N) is 1. The van der Waals surface area contributed by atoms with Gasteiger partial charge in [0, 0.05) is 21.3 Å². The number of nitrogens with zero attached hydrogens (tertiary/aromatic N) is 1. The first-order valence-electron chi connectivity index (χ1n) is 6.31. The standard InChI is InChI=1S/C15H14N2OS2/c1-9-6-10(2)16-15-14(9)12(8-20-15)17-13(18)7-11-4-3-5-19-11/h3-6,8H,7H2,1-2H3,(H,17,18). The van der Waals surface area contributed by atoms with E-state index in [2.05, 4.69) is 17.2 Å². The molecule has 0 fully saturated rings. The number of thiophene rings is 2. The highest BCUT2D eigenvalue weighted by molar-refractivity contribution is 7.17. The average Bonchev–Trinajstić information content (AvgIpc) is 2.99. The highest BCUT2D eigenvalue weighted by Gasteiger charge is 2.12. The topological polar surface area (TPSA) is 42.0 Å². The van der Waals surface area contributed by atoms with E-state index in [1.165, 1.54) is 0 Å². The Morgan fingerprint density at radius 2 is 2.20 bits per heavy atom. The van der Waals surface area contributed by atoms with E-state index < -0.39 is 0 Å². The molecule has 0 bridgehead atoms. The second kappa shape index (κ2) is 5.34. The summed E-state index contributed by atoms with van der Waals surface area (Å²) in [5.41, 5.74) is 3.03. The number of pyridine rings is 1. The summed E-state index contributed by atoms with van der Waals surface area (Å²) < 4.78 is 0. The molecule has 0 saturated heterocycles. The van der Waals surface area contributed by atoms with Gasteiger partial charge in [0.25, 0.3) is 0 Å². The summed E-state index contributed by atoms with van der Waals surface area (Å²) in [6.45, 7) is 4.04. The summed E-state index contributed by atoms with van der Waals surface area (Å²) in [4.78, 5) is 18.6. The van der Waals surface area contributed by atoms with Crippen LogP contribution in [0.15, 0.2) is 29.0 Å². The smallest absolute Gasteiger partial charge is 0.229 e. The molecule has 0 saturated carbocycles. The Hall–Kier alpha value is -1.72. The lowest BCUT2D eigenvalue weighted by Gasteiger charge is -2.05. The predicted octanol–water partition coefficient (Wildman–Crippen LogP) is 4.16. The van der Waals surface area contributed by atoms with Crippen LogP contribution in [0.5, 0.6) is 0 Å². The zero-order valence-corrected chi connectivity index (χ0v) is 12.9. The largest absolute Gasteiger partial charge is 0.324 e. The van der Waals surface area contributed by atoms with Gasteiger partial charge >= 0.3 is 0 Å². The SMILES string of the molecule is Cc1cc(C)c2c(NC(=O)Cc3cccs3)csc2n1. The highest BCUT2D eigenvalue weighted by Crippen LogP contribution is 2.32. The highest BCUT2D eigenvalue weighted by atomic mass is 32.1. The molecule has 0 radical (unpaired) electrons. The van der Waals surface area contributed by atoms with Gasteiger partial charge in [-0.2, -0.15) is 0 Å². The van der Waals surface area contributed by atoms with E-state index in [1.54, 1.807) is 22.7 Å². The van der Waals surface area contributed by atoms with Crippen molar-refractivity contribution in [3.63, 3.8) is 0 Å². The Labute approximate surface area is 125 Å². The maximum Gasteiger partial charge on any atom is 0.229 e. The van der Waals surface area contributed by atoms with Crippen molar-refractivity contribution in [2.24, 2.45) is 0 Å². The number of carbonyl (C=O) groups is 1. The van der Waals surface area contributed by atoms with Gasteiger partial charge in [-0.15, -0.1) is 22.7 Å².